The predicted molar refractivity (Wildman–Crippen MR) is 133 cm³/mol. The van der Waals surface area contributed by atoms with Crippen molar-refractivity contribution in [3.8, 4) is 11.1 Å². The molecule has 0 saturated carbocycles. The Bertz CT molecular complexity index is 1400. The zero-order chi connectivity index (χ0) is 23.5. The average molecular weight is 452 g/mol. The van der Waals surface area contributed by atoms with Crippen LogP contribution in [0.3, 0.4) is 0 Å². The molecule has 6 heteroatoms. The molecular formula is C28H25N3O3. The monoisotopic (exact) mass is 451 g/mol. The molecule has 4 aromatic rings. The minimum Gasteiger partial charge on any atom is -0.478 e. The molecule has 0 saturated heterocycles. The number of hydrogen-bond acceptors (Lipinski definition) is 3. The molecular weight excluding hydrogens is 426 g/mol. The molecule has 0 atom stereocenters. The number of carboxylic acid groups (broad SMARTS) is 1. The Labute approximate surface area is 197 Å². The lowest BCUT2D eigenvalue weighted by Crippen LogP contribution is -2.23. The summed E-state index contributed by atoms with van der Waals surface area (Å²) in [5.74, 6) is -1.31. The topological polar surface area (TPSA) is 95.1 Å². The second-order valence-corrected chi connectivity index (χ2v) is 8.54. The number of rotatable bonds is 6. The summed E-state index contributed by atoms with van der Waals surface area (Å²) in [7, 11) is 0. The molecule has 0 aliphatic heterocycles. The molecule has 3 N–H and O–H groups in total. The number of H-pyrrole nitrogens is 1. The van der Waals surface area contributed by atoms with Crippen LogP contribution in [0, 0.1) is 0 Å². The molecule has 0 radical (unpaired) electrons. The van der Waals surface area contributed by atoms with Crippen LogP contribution in [0.4, 0.5) is 0 Å². The Morgan fingerprint density at radius 1 is 0.971 bits per heavy atom. The van der Waals surface area contributed by atoms with Crippen LogP contribution >= 0.6 is 0 Å². The first-order chi connectivity index (χ1) is 16.6. The van der Waals surface area contributed by atoms with Gasteiger partial charge in [0.1, 0.15) is 0 Å². The number of carbonyl (C=O) groups is 2. The number of allylic oxidation sites excluding steroid dienone is 2. The summed E-state index contributed by atoms with van der Waals surface area (Å²) < 4.78 is 0. The molecule has 1 heterocycles. The van der Waals surface area contributed by atoms with Crippen molar-refractivity contribution in [2.24, 2.45) is 0 Å². The Balaban J connectivity index is 1.41. The van der Waals surface area contributed by atoms with Crippen molar-refractivity contribution in [3.05, 3.63) is 95.2 Å². The van der Waals surface area contributed by atoms with Gasteiger partial charge in [0.25, 0.3) is 5.91 Å². The van der Waals surface area contributed by atoms with E-state index in [1.54, 1.807) is 18.2 Å². The van der Waals surface area contributed by atoms with E-state index < -0.39 is 5.97 Å². The number of aromatic nitrogens is 2. The summed E-state index contributed by atoms with van der Waals surface area (Å²) in [5.41, 5.74) is 6.63. The highest BCUT2D eigenvalue weighted by atomic mass is 16.4. The van der Waals surface area contributed by atoms with Crippen LogP contribution in [-0.4, -0.2) is 27.2 Å². The lowest BCUT2D eigenvalue weighted by atomic mass is 9.92. The molecule has 0 bridgehead atoms. The van der Waals surface area contributed by atoms with Gasteiger partial charge in [-0.05, 0) is 71.7 Å². The number of nitrogens with zero attached hydrogens (tertiary/aromatic N) is 1. The second kappa shape index (κ2) is 9.35. The number of carbonyl (C=O) groups excluding carboxylic acids is 1. The van der Waals surface area contributed by atoms with Crippen molar-refractivity contribution < 1.29 is 14.7 Å². The van der Waals surface area contributed by atoms with E-state index in [1.807, 2.05) is 18.2 Å². The van der Waals surface area contributed by atoms with Crippen LogP contribution < -0.4 is 5.32 Å². The molecule has 1 aliphatic carbocycles. The Hall–Kier alpha value is -4.19. The van der Waals surface area contributed by atoms with Crippen molar-refractivity contribution in [3.63, 3.8) is 0 Å². The Morgan fingerprint density at radius 2 is 1.76 bits per heavy atom. The van der Waals surface area contributed by atoms with Crippen LogP contribution in [0.1, 0.15) is 57.7 Å². The summed E-state index contributed by atoms with van der Waals surface area (Å²) in [5, 5.41) is 20.1. The fourth-order valence-electron chi connectivity index (χ4n) is 4.52. The van der Waals surface area contributed by atoms with Gasteiger partial charge < -0.3 is 10.4 Å². The van der Waals surface area contributed by atoms with E-state index in [2.05, 4.69) is 45.9 Å². The molecule has 6 nitrogen and oxygen atoms in total. The van der Waals surface area contributed by atoms with Gasteiger partial charge in [-0.25, -0.2) is 4.79 Å². The van der Waals surface area contributed by atoms with Gasteiger partial charge in [-0.3, -0.25) is 9.89 Å². The van der Waals surface area contributed by atoms with Crippen LogP contribution in [0.15, 0.2) is 72.8 Å². The molecule has 0 fully saturated rings. The van der Waals surface area contributed by atoms with Crippen LogP contribution in [-0.2, 0) is 6.54 Å². The largest absolute Gasteiger partial charge is 0.478 e. The SMILES string of the molecule is O=C(O)c1cccc(CNC(=O)c2n[nH]c3cccc(-c4ccc(C5=CCCCC5)cc4)c23)c1. The highest BCUT2D eigenvalue weighted by Crippen LogP contribution is 2.32. The van der Waals surface area contributed by atoms with Gasteiger partial charge in [-0.2, -0.15) is 5.10 Å². The van der Waals surface area contributed by atoms with Crippen molar-refractivity contribution in [1.82, 2.24) is 15.5 Å². The van der Waals surface area contributed by atoms with Gasteiger partial charge >= 0.3 is 5.97 Å². The number of fused-ring (bicyclic) bond motifs is 1. The molecule has 1 aliphatic rings. The van der Waals surface area contributed by atoms with E-state index in [4.69, 9.17) is 0 Å². The maximum atomic E-state index is 13.0. The predicted octanol–water partition coefficient (Wildman–Crippen LogP) is 5.82. The number of nitrogens with one attached hydrogen (secondary N) is 2. The zero-order valence-corrected chi connectivity index (χ0v) is 18.7. The van der Waals surface area contributed by atoms with Gasteiger partial charge in [0.2, 0.25) is 0 Å². The molecule has 3 aromatic carbocycles. The number of aromatic carboxylic acids is 1. The molecule has 1 amide bonds. The van der Waals surface area contributed by atoms with E-state index in [0.717, 1.165) is 34.9 Å². The summed E-state index contributed by atoms with van der Waals surface area (Å²) >= 11 is 0. The minimum absolute atomic E-state index is 0.187. The highest BCUT2D eigenvalue weighted by Gasteiger charge is 2.18. The van der Waals surface area contributed by atoms with Gasteiger partial charge in [0, 0.05) is 11.9 Å². The third kappa shape index (κ3) is 4.35. The minimum atomic E-state index is -0.998. The lowest BCUT2D eigenvalue weighted by Gasteiger charge is -2.13. The maximum Gasteiger partial charge on any atom is 0.335 e. The summed E-state index contributed by atoms with van der Waals surface area (Å²) in [6.07, 6.45) is 7.10. The quantitative estimate of drug-likeness (QED) is 0.344. The number of benzene rings is 3. The van der Waals surface area contributed by atoms with E-state index in [1.165, 1.54) is 30.0 Å². The molecule has 0 spiro atoms. The van der Waals surface area contributed by atoms with E-state index in [0.29, 0.717) is 11.3 Å². The van der Waals surface area contributed by atoms with E-state index in [-0.39, 0.29) is 18.0 Å². The van der Waals surface area contributed by atoms with Crippen LogP contribution in [0.2, 0.25) is 0 Å². The Morgan fingerprint density at radius 3 is 2.53 bits per heavy atom. The summed E-state index contributed by atoms with van der Waals surface area (Å²) in [6.45, 7) is 0.209. The molecule has 0 unspecified atom stereocenters. The molecule has 34 heavy (non-hydrogen) atoms. The normalized spacial score (nSPS) is 13.5. The van der Waals surface area contributed by atoms with E-state index >= 15 is 0 Å². The summed E-state index contributed by atoms with van der Waals surface area (Å²) in [6, 6.07) is 20.9. The number of aromatic amines is 1. The Kier molecular flexibility index (Phi) is 5.95. The van der Waals surface area contributed by atoms with Crippen molar-refractivity contribution >= 4 is 28.4 Å². The smallest absolute Gasteiger partial charge is 0.335 e. The van der Waals surface area contributed by atoms with Gasteiger partial charge in [0.05, 0.1) is 11.1 Å². The van der Waals surface area contributed by atoms with Crippen LogP contribution in [0.5, 0.6) is 0 Å². The fourth-order valence-corrected chi connectivity index (χ4v) is 4.52. The first kappa shape index (κ1) is 21.6. The number of amides is 1. The second-order valence-electron chi connectivity index (χ2n) is 8.54. The van der Waals surface area contributed by atoms with Crippen molar-refractivity contribution in [2.45, 2.75) is 32.2 Å². The number of carboxylic acids is 1. The number of hydrogen-bond donors (Lipinski definition) is 3. The van der Waals surface area contributed by atoms with Gasteiger partial charge in [0.15, 0.2) is 5.69 Å². The first-order valence-electron chi connectivity index (χ1n) is 11.5. The van der Waals surface area contributed by atoms with Gasteiger partial charge in [-0.15, -0.1) is 0 Å². The third-order valence-corrected chi connectivity index (χ3v) is 6.29. The zero-order valence-electron chi connectivity index (χ0n) is 18.7. The maximum absolute atomic E-state index is 13.0. The fraction of sp³-hybridized carbons (Fsp3) is 0.179. The average Bonchev–Trinajstić information content (AvgIpc) is 3.33. The lowest BCUT2D eigenvalue weighted by molar-refractivity contribution is 0.0696. The van der Waals surface area contributed by atoms with E-state index in [9.17, 15) is 14.7 Å². The van der Waals surface area contributed by atoms with Gasteiger partial charge in [-0.1, -0.05) is 54.6 Å². The van der Waals surface area contributed by atoms with Crippen LogP contribution in [0.25, 0.3) is 27.6 Å². The molecule has 5 rings (SSSR count). The standard InChI is InChI=1S/C28H25N3O3/c32-27(29-17-18-6-4-9-22(16-18)28(33)34)26-25-23(10-5-11-24(25)30-31-26)21-14-12-20(13-15-21)19-7-2-1-3-8-19/h4-7,9-16H,1-3,8,17H2,(H,29,32)(H,30,31)(H,33,34). The molecule has 1 aromatic heterocycles. The van der Waals surface area contributed by atoms with Crippen molar-refractivity contribution in [1.29, 1.82) is 0 Å². The third-order valence-electron chi connectivity index (χ3n) is 6.29. The highest BCUT2D eigenvalue weighted by molar-refractivity contribution is 6.10. The summed E-state index contributed by atoms with van der Waals surface area (Å²) in [4.78, 5) is 24.2. The first-order valence-corrected chi connectivity index (χ1v) is 11.5. The van der Waals surface area contributed by atoms with Crippen molar-refractivity contribution in [2.75, 3.05) is 0 Å². The molecule has 170 valence electrons.